The molecule has 0 fully saturated rings. The fourth-order valence-corrected chi connectivity index (χ4v) is 4.46. The molecule has 4 aromatic rings. The molecule has 1 N–H and O–H groups in total. The number of anilines is 1. The van der Waals surface area contributed by atoms with E-state index in [9.17, 15) is 22.4 Å². The van der Waals surface area contributed by atoms with Crippen LogP contribution in [0.25, 0.3) is 10.9 Å². The van der Waals surface area contributed by atoms with Crippen LogP contribution in [-0.4, -0.2) is 29.3 Å². The molecule has 0 saturated carbocycles. The highest BCUT2D eigenvalue weighted by molar-refractivity contribution is 7.90. The summed E-state index contributed by atoms with van der Waals surface area (Å²) in [5.41, 5.74) is 0.671. The van der Waals surface area contributed by atoms with Gasteiger partial charge in [0.25, 0.3) is 10.0 Å². The molecule has 0 radical (unpaired) electrons. The second-order valence-electron chi connectivity index (χ2n) is 6.78. The molecule has 156 valence electrons. The van der Waals surface area contributed by atoms with E-state index in [1.807, 2.05) is 0 Å². The van der Waals surface area contributed by atoms with Crippen LogP contribution in [0.1, 0.15) is 22.8 Å². The number of carbonyl (C=O) groups is 2. The zero-order valence-electron chi connectivity index (χ0n) is 16.2. The molecule has 7 nitrogen and oxygen atoms in total. The lowest BCUT2D eigenvalue weighted by atomic mass is 10.00. The Hall–Kier alpha value is -3.85. The number of carbonyl (C=O) groups excluding carboxylic acids is 2. The number of ketones is 1. The van der Waals surface area contributed by atoms with E-state index in [0.29, 0.717) is 5.39 Å². The van der Waals surface area contributed by atoms with Crippen molar-refractivity contribution in [1.29, 1.82) is 0 Å². The Kier molecular flexibility index (Phi) is 5.12. The lowest BCUT2D eigenvalue weighted by molar-refractivity contribution is -0.114. The second-order valence-corrected chi connectivity index (χ2v) is 8.55. The summed E-state index contributed by atoms with van der Waals surface area (Å²) in [5, 5.41) is 6.96. The predicted molar refractivity (Wildman–Crippen MR) is 113 cm³/mol. The Balaban J connectivity index is 1.89. The summed E-state index contributed by atoms with van der Waals surface area (Å²) in [4.78, 5) is 24.8. The third-order valence-corrected chi connectivity index (χ3v) is 6.22. The summed E-state index contributed by atoms with van der Waals surface area (Å²) >= 11 is 0. The predicted octanol–water partition coefficient (Wildman–Crippen LogP) is 3.60. The van der Waals surface area contributed by atoms with Gasteiger partial charge in [-0.25, -0.2) is 4.39 Å². The standard InChI is InChI=1S/C22H16FN3O4S/c1-14(27)25-20-12-21-16(11-19(20)22(28)15-7-9-17(23)10-8-15)13-24-26(21)31(29,30)18-5-3-2-4-6-18/h2-13H,1H3,(H,25,27). The SMILES string of the molecule is CC(=O)Nc1cc2c(cnn2S(=O)(=O)c2ccccc2)cc1C(=O)c1ccc(F)cc1. The van der Waals surface area contributed by atoms with Gasteiger partial charge in [0, 0.05) is 23.4 Å². The minimum atomic E-state index is -3.99. The largest absolute Gasteiger partial charge is 0.326 e. The highest BCUT2D eigenvalue weighted by Crippen LogP contribution is 2.28. The second kappa shape index (κ2) is 7.77. The molecule has 9 heteroatoms. The summed E-state index contributed by atoms with van der Waals surface area (Å²) in [7, 11) is -3.99. The molecular formula is C22H16FN3O4S. The average molecular weight is 437 g/mol. The van der Waals surface area contributed by atoms with E-state index in [1.54, 1.807) is 18.2 Å². The van der Waals surface area contributed by atoms with Crippen LogP contribution in [0.15, 0.2) is 77.8 Å². The summed E-state index contributed by atoms with van der Waals surface area (Å²) in [6, 6.07) is 15.6. The normalized spacial score (nSPS) is 11.4. The minimum absolute atomic E-state index is 0.0487. The number of hydrogen-bond acceptors (Lipinski definition) is 5. The van der Waals surface area contributed by atoms with Crippen molar-refractivity contribution < 1.29 is 22.4 Å². The van der Waals surface area contributed by atoms with Gasteiger partial charge >= 0.3 is 0 Å². The van der Waals surface area contributed by atoms with Crippen LogP contribution in [0, 0.1) is 5.82 Å². The van der Waals surface area contributed by atoms with Gasteiger partial charge in [-0.1, -0.05) is 18.2 Å². The van der Waals surface area contributed by atoms with Crippen LogP contribution in [0.3, 0.4) is 0 Å². The van der Waals surface area contributed by atoms with Gasteiger partial charge in [0.1, 0.15) is 5.82 Å². The van der Waals surface area contributed by atoms with Gasteiger partial charge in [-0.05, 0) is 48.5 Å². The molecule has 31 heavy (non-hydrogen) atoms. The van der Waals surface area contributed by atoms with Crippen LogP contribution in [0.5, 0.6) is 0 Å². The minimum Gasteiger partial charge on any atom is -0.326 e. The van der Waals surface area contributed by atoms with E-state index < -0.39 is 27.5 Å². The molecule has 0 saturated heterocycles. The smallest absolute Gasteiger partial charge is 0.283 e. The first-order valence-electron chi connectivity index (χ1n) is 9.17. The molecule has 0 aliphatic heterocycles. The number of amides is 1. The third-order valence-electron chi connectivity index (χ3n) is 4.61. The van der Waals surface area contributed by atoms with Crippen molar-refractivity contribution in [1.82, 2.24) is 9.19 Å². The maximum absolute atomic E-state index is 13.2. The molecule has 0 unspecified atom stereocenters. The molecule has 0 spiro atoms. The zero-order chi connectivity index (χ0) is 22.2. The third kappa shape index (κ3) is 3.82. The number of hydrogen-bond donors (Lipinski definition) is 1. The number of aromatic nitrogens is 2. The van der Waals surface area contributed by atoms with Crippen molar-refractivity contribution in [2.24, 2.45) is 0 Å². The topological polar surface area (TPSA) is 98.1 Å². The Labute approximate surface area is 177 Å². The Bertz CT molecular complexity index is 1410. The summed E-state index contributed by atoms with van der Waals surface area (Å²) < 4.78 is 40.1. The van der Waals surface area contributed by atoms with E-state index in [-0.39, 0.29) is 27.2 Å². The maximum Gasteiger partial charge on any atom is 0.283 e. The maximum atomic E-state index is 13.2. The van der Waals surface area contributed by atoms with Gasteiger partial charge in [0.15, 0.2) is 5.78 Å². The lowest BCUT2D eigenvalue weighted by Gasteiger charge is -2.11. The average Bonchev–Trinajstić information content (AvgIpc) is 3.17. The van der Waals surface area contributed by atoms with Gasteiger partial charge in [-0.15, -0.1) is 0 Å². The molecule has 1 aromatic heterocycles. The Morgan fingerprint density at radius 3 is 2.32 bits per heavy atom. The number of fused-ring (bicyclic) bond motifs is 1. The van der Waals surface area contributed by atoms with Crippen molar-refractivity contribution in [2.75, 3.05) is 5.32 Å². The van der Waals surface area contributed by atoms with Gasteiger partial charge in [-0.3, -0.25) is 9.59 Å². The van der Waals surface area contributed by atoms with Crippen LogP contribution >= 0.6 is 0 Å². The molecule has 0 aliphatic carbocycles. The van der Waals surface area contributed by atoms with Crippen molar-refractivity contribution >= 4 is 38.3 Å². The van der Waals surface area contributed by atoms with Crippen LogP contribution in [0.4, 0.5) is 10.1 Å². The van der Waals surface area contributed by atoms with Gasteiger partial charge in [0.05, 0.1) is 22.3 Å². The van der Waals surface area contributed by atoms with Gasteiger partial charge in [0.2, 0.25) is 5.91 Å². The van der Waals surface area contributed by atoms with Crippen molar-refractivity contribution in [2.45, 2.75) is 11.8 Å². The van der Waals surface area contributed by atoms with E-state index in [4.69, 9.17) is 0 Å². The molecule has 3 aromatic carbocycles. The summed E-state index contributed by atoms with van der Waals surface area (Å²) in [6.07, 6.45) is 1.33. The molecule has 4 rings (SSSR count). The van der Waals surface area contributed by atoms with Gasteiger partial charge < -0.3 is 5.32 Å². The molecule has 0 atom stereocenters. The van der Waals surface area contributed by atoms with E-state index in [0.717, 1.165) is 16.2 Å². The zero-order valence-corrected chi connectivity index (χ0v) is 17.1. The molecular weight excluding hydrogens is 421 g/mol. The first kappa shape index (κ1) is 20.4. The summed E-state index contributed by atoms with van der Waals surface area (Å²) in [5.74, 6) is -1.38. The van der Waals surface area contributed by atoms with Crippen molar-refractivity contribution in [3.63, 3.8) is 0 Å². The lowest BCUT2D eigenvalue weighted by Crippen LogP contribution is -2.15. The number of halogens is 1. The van der Waals surface area contributed by atoms with E-state index >= 15 is 0 Å². The fourth-order valence-electron chi connectivity index (χ4n) is 3.17. The molecule has 1 amide bonds. The van der Waals surface area contributed by atoms with Gasteiger partial charge in [-0.2, -0.15) is 17.6 Å². The number of nitrogens with zero attached hydrogens (tertiary/aromatic N) is 2. The van der Waals surface area contributed by atoms with Crippen molar-refractivity contribution in [3.05, 3.63) is 89.9 Å². The first-order valence-corrected chi connectivity index (χ1v) is 10.6. The number of rotatable bonds is 5. The monoisotopic (exact) mass is 437 g/mol. The highest BCUT2D eigenvalue weighted by Gasteiger charge is 2.23. The molecule has 0 bridgehead atoms. The fraction of sp³-hybridized carbons (Fsp3) is 0.0455. The molecule has 1 heterocycles. The highest BCUT2D eigenvalue weighted by atomic mass is 32.2. The number of nitrogens with one attached hydrogen (secondary N) is 1. The Morgan fingerprint density at radius 2 is 1.68 bits per heavy atom. The van der Waals surface area contributed by atoms with Crippen LogP contribution in [-0.2, 0) is 14.8 Å². The van der Waals surface area contributed by atoms with E-state index in [1.165, 1.54) is 49.5 Å². The first-order chi connectivity index (χ1) is 14.8. The molecule has 0 aliphatic rings. The quantitative estimate of drug-likeness (QED) is 0.481. The summed E-state index contributed by atoms with van der Waals surface area (Å²) in [6.45, 7) is 1.27. The number of benzene rings is 3. The van der Waals surface area contributed by atoms with Crippen LogP contribution < -0.4 is 5.32 Å². The van der Waals surface area contributed by atoms with E-state index in [2.05, 4.69) is 10.4 Å². The Morgan fingerprint density at radius 1 is 1.00 bits per heavy atom. The van der Waals surface area contributed by atoms with Crippen molar-refractivity contribution in [3.8, 4) is 0 Å². The van der Waals surface area contributed by atoms with Crippen LogP contribution in [0.2, 0.25) is 0 Å².